The van der Waals surface area contributed by atoms with Crippen molar-refractivity contribution < 1.29 is 4.42 Å². The van der Waals surface area contributed by atoms with Gasteiger partial charge in [0, 0.05) is 0 Å². The number of furan rings is 1. The van der Waals surface area contributed by atoms with Crippen LogP contribution in [0.2, 0.25) is 0 Å². The Bertz CT molecular complexity index is 332. The quantitative estimate of drug-likeness (QED) is 0.850. The fourth-order valence-corrected chi connectivity index (χ4v) is 2.84. The van der Waals surface area contributed by atoms with Crippen molar-refractivity contribution in [3.05, 3.63) is 23.7 Å². The van der Waals surface area contributed by atoms with Crippen LogP contribution in [-0.4, -0.2) is 32.1 Å². The monoisotopic (exact) mass is 222 g/mol. The lowest BCUT2D eigenvalue weighted by Gasteiger charge is -2.38. The zero-order chi connectivity index (χ0) is 11.5. The Labute approximate surface area is 97.8 Å². The Kier molecular flexibility index (Phi) is 3.66. The highest BCUT2D eigenvalue weighted by Gasteiger charge is 2.32. The molecule has 2 atom stereocenters. The third-order valence-electron chi connectivity index (χ3n) is 3.64. The maximum atomic E-state index is 5.68. The molecule has 1 aromatic rings. The van der Waals surface area contributed by atoms with E-state index in [1.807, 2.05) is 13.3 Å². The van der Waals surface area contributed by atoms with Gasteiger partial charge in [-0.1, -0.05) is 0 Å². The molecule has 0 aliphatic carbocycles. The smallest absolute Gasteiger partial charge is 0.124 e. The van der Waals surface area contributed by atoms with Crippen LogP contribution in [0.15, 0.2) is 16.7 Å². The van der Waals surface area contributed by atoms with E-state index in [4.69, 9.17) is 4.42 Å². The molecule has 2 unspecified atom stereocenters. The number of aryl methyl sites for hydroxylation is 1. The molecule has 1 saturated heterocycles. The Balaban J connectivity index is 2.22. The van der Waals surface area contributed by atoms with Crippen LogP contribution in [0.5, 0.6) is 0 Å². The largest absolute Gasteiger partial charge is 0.467 e. The molecule has 1 N–H and O–H groups in total. The standard InChI is InChI=1S/C13H22N2O/c1-10-6-8-16-13(10)12-11(9-14-2)5-4-7-15(12)3/h6,8,11-12,14H,4-5,7,9H2,1-3H3. The highest BCUT2D eigenvalue weighted by Crippen LogP contribution is 2.36. The molecule has 2 heterocycles. The molecular weight excluding hydrogens is 200 g/mol. The topological polar surface area (TPSA) is 28.4 Å². The summed E-state index contributed by atoms with van der Waals surface area (Å²) in [6.07, 6.45) is 4.39. The molecule has 0 aromatic carbocycles. The van der Waals surface area contributed by atoms with Crippen molar-refractivity contribution in [2.24, 2.45) is 5.92 Å². The second-order valence-electron chi connectivity index (χ2n) is 4.85. The third-order valence-corrected chi connectivity index (χ3v) is 3.64. The van der Waals surface area contributed by atoms with E-state index in [2.05, 4.69) is 30.3 Å². The van der Waals surface area contributed by atoms with Gasteiger partial charge in [0.25, 0.3) is 0 Å². The first-order valence-electron chi connectivity index (χ1n) is 6.13. The minimum absolute atomic E-state index is 0.441. The summed E-state index contributed by atoms with van der Waals surface area (Å²) in [4.78, 5) is 2.43. The summed E-state index contributed by atoms with van der Waals surface area (Å²) in [5.74, 6) is 1.82. The van der Waals surface area contributed by atoms with E-state index in [1.54, 1.807) is 0 Å². The van der Waals surface area contributed by atoms with Gasteiger partial charge in [-0.3, -0.25) is 4.90 Å². The molecule has 0 saturated carbocycles. The summed E-state index contributed by atoms with van der Waals surface area (Å²) in [6, 6.07) is 2.50. The molecule has 1 aromatic heterocycles. The predicted octanol–water partition coefficient (Wildman–Crippen LogP) is 2.19. The Morgan fingerprint density at radius 1 is 1.56 bits per heavy atom. The molecule has 0 radical (unpaired) electrons. The molecule has 16 heavy (non-hydrogen) atoms. The highest BCUT2D eigenvalue weighted by molar-refractivity contribution is 5.19. The van der Waals surface area contributed by atoms with Crippen LogP contribution >= 0.6 is 0 Å². The lowest BCUT2D eigenvalue weighted by atomic mass is 9.87. The summed E-state index contributed by atoms with van der Waals surface area (Å²) in [5.41, 5.74) is 1.28. The van der Waals surface area contributed by atoms with Gasteiger partial charge >= 0.3 is 0 Å². The van der Waals surface area contributed by atoms with E-state index >= 15 is 0 Å². The van der Waals surface area contributed by atoms with Crippen molar-refractivity contribution in [1.29, 1.82) is 0 Å². The van der Waals surface area contributed by atoms with Gasteiger partial charge < -0.3 is 9.73 Å². The van der Waals surface area contributed by atoms with Crippen molar-refractivity contribution in [3.8, 4) is 0 Å². The van der Waals surface area contributed by atoms with Crippen LogP contribution in [0.1, 0.15) is 30.2 Å². The Morgan fingerprint density at radius 3 is 3.00 bits per heavy atom. The molecular formula is C13H22N2O. The molecule has 0 spiro atoms. The molecule has 1 fully saturated rings. The number of nitrogens with one attached hydrogen (secondary N) is 1. The van der Waals surface area contributed by atoms with Crippen molar-refractivity contribution in [2.45, 2.75) is 25.8 Å². The number of hydrogen-bond acceptors (Lipinski definition) is 3. The van der Waals surface area contributed by atoms with Crippen LogP contribution in [-0.2, 0) is 0 Å². The van der Waals surface area contributed by atoms with Crippen molar-refractivity contribution in [2.75, 3.05) is 27.2 Å². The average molecular weight is 222 g/mol. The van der Waals surface area contributed by atoms with E-state index in [0.29, 0.717) is 12.0 Å². The van der Waals surface area contributed by atoms with Crippen LogP contribution in [0.25, 0.3) is 0 Å². The Hall–Kier alpha value is -0.800. The maximum Gasteiger partial charge on any atom is 0.124 e. The van der Waals surface area contributed by atoms with Gasteiger partial charge in [-0.05, 0) is 64.5 Å². The highest BCUT2D eigenvalue weighted by atomic mass is 16.3. The van der Waals surface area contributed by atoms with Crippen LogP contribution in [0.3, 0.4) is 0 Å². The number of piperidine rings is 1. The minimum atomic E-state index is 0.441. The fraction of sp³-hybridized carbons (Fsp3) is 0.692. The molecule has 3 heteroatoms. The fourth-order valence-electron chi connectivity index (χ4n) is 2.84. The second-order valence-corrected chi connectivity index (χ2v) is 4.85. The normalized spacial score (nSPS) is 27.2. The van der Waals surface area contributed by atoms with Crippen LogP contribution in [0.4, 0.5) is 0 Å². The van der Waals surface area contributed by atoms with Crippen LogP contribution < -0.4 is 5.32 Å². The van der Waals surface area contributed by atoms with E-state index in [-0.39, 0.29) is 0 Å². The SMILES string of the molecule is CNCC1CCCN(C)C1c1occc1C. The van der Waals surface area contributed by atoms with E-state index in [9.17, 15) is 0 Å². The molecule has 3 nitrogen and oxygen atoms in total. The molecule has 1 aliphatic heterocycles. The van der Waals surface area contributed by atoms with Gasteiger partial charge in [-0.25, -0.2) is 0 Å². The first kappa shape index (κ1) is 11.7. The number of rotatable bonds is 3. The van der Waals surface area contributed by atoms with Gasteiger partial charge in [0.15, 0.2) is 0 Å². The average Bonchev–Trinajstić information content (AvgIpc) is 2.65. The summed E-state index contributed by atoms with van der Waals surface area (Å²) < 4.78 is 5.68. The van der Waals surface area contributed by atoms with Gasteiger partial charge in [0.05, 0.1) is 12.3 Å². The van der Waals surface area contributed by atoms with E-state index in [0.717, 1.165) is 12.3 Å². The van der Waals surface area contributed by atoms with Gasteiger partial charge in [-0.2, -0.15) is 0 Å². The number of nitrogens with zero attached hydrogens (tertiary/aromatic N) is 1. The lowest BCUT2D eigenvalue weighted by Crippen LogP contribution is -2.40. The summed E-state index contributed by atoms with van der Waals surface area (Å²) >= 11 is 0. The molecule has 90 valence electrons. The van der Waals surface area contributed by atoms with Crippen LogP contribution in [0, 0.1) is 12.8 Å². The summed E-state index contributed by atoms with van der Waals surface area (Å²) in [5, 5.41) is 3.30. The molecule has 0 amide bonds. The van der Waals surface area contributed by atoms with Gasteiger partial charge in [0.2, 0.25) is 0 Å². The zero-order valence-corrected chi connectivity index (χ0v) is 10.5. The lowest BCUT2D eigenvalue weighted by molar-refractivity contribution is 0.102. The third kappa shape index (κ3) is 2.15. The first-order valence-corrected chi connectivity index (χ1v) is 6.13. The molecule has 1 aliphatic rings. The Morgan fingerprint density at radius 2 is 2.38 bits per heavy atom. The predicted molar refractivity (Wildman–Crippen MR) is 65.5 cm³/mol. The van der Waals surface area contributed by atoms with Crippen molar-refractivity contribution in [3.63, 3.8) is 0 Å². The summed E-state index contributed by atoms with van der Waals surface area (Å²) in [6.45, 7) is 4.37. The first-order chi connectivity index (χ1) is 7.74. The second kappa shape index (κ2) is 5.02. The number of hydrogen-bond donors (Lipinski definition) is 1. The van der Waals surface area contributed by atoms with Crippen molar-refractivity contribution in [1.82, 2.24) is 10.2 Å². The minimum Gasteiger partial charge on any atom is -0.467 e. The molecule has 0 bridgehead atoms. The van der Waals surface area contributed by atoms with Gasteiger partial charge in [0.1, 0.15) is 5.76 Å². The number of likely N-dealkylation sites (tertiary alicyclic amines) is 1. The maximum absolute atomic E-state index is 5.68. The summed E-state index contributed by atoms with van der Waals surface area (Å²) in [7, 11) is 4.23. The van der Waals surface area contributed by atoms with Gasteiger partial charge in [-0.15, -0.1) is 0 Å². The van der Waals surface area contributed by atoms with E-state index in [1.165, 1.54) is 24.9 Å². The molecule has 2 rings (SSSR count). The zero-order valence-electron chi connectivity index (χ0n) is 10.5. The van der Waals surface area contributed by atoms with E-state index < -0.39 is 0 Å². The van der Waals surface area contributed by atoms with Crippen molar-refractivity contribution >= 4 is 0 Å².